The molecule has 1 aromatic carbocycles. The lowest BCUT2D eigenvalue weighted by Gasteiger charge is -2.20. The van der Waals surface area contributed by atoms with E-state index in [2.05, 4.69) is 26.2 Å². The van der Waals surface area contributed by atoms with Crippen LogP contribution in [0.3, 0.4) is 0 Å². The van der Waals surface area contributed by atoms with Gasteiger partial charge in [0, 0.05) is 23.3 Å². The average Bonchev–Trinajstić information content (AvgIpc) is 2.63. The number of nitrogens with one attached hydrogen (secondary N) is 1. The zero-order valence-electron chi connectivity index (χ0n) is 14.4. The SMILES string of the molecule is CC[C@H](C[C@@H](C)CO)NC(=O)c1cccnc1Oc1ccc(Br)cc1. The first-order valence-electron chi connectivity index (χ1n) is 8.33. The summed E-state index contributed by atoms with van der Waals surface area (Å²) in [5.74, 6) is 0.791. The van der Waals surface area contributed by atoms with Crippen LogP contribution >= 0.6 is 15.9 Å². The van der Waals surface area contributed by atoms with Crippen molar-refractivity contribution in [1.82, 2.24) is 10.3 Å². The Labute approximate surface area is 156 Å². The third kappa shape index (κ3) is 5.83. The fourth-order valence-corrected chi connectivity index (χ4v) is 2.67. The lowest BCUT2D eigenvalue weighted by Crippen LogP contribution is -2.36. The van der Waals surface area contributed by atoms with Gasteiger partial charge in [0.1, 0.15) is 11.3 Å². The Balaban J connectivity index is 2.12. The van der Waals surface area contributed by atoms with Crippen molar-refractivity contribution in [2.24, 2.45) is 5.92 Å². The van der Waals surface area contributed by atoms with Crippen molar-refractivity contribution in [2.45, 2.75) is 32.7 Å². The van der Waals surface area contributed by atoms with Gasteiger partial charge in [0.25, 0.3) is 5.91 Å². The van der Waals surface area contributed by atoms with Gasteiger partial charge < -0.3 is 15.2 Å². The monoisotopic (exact) mass is 406 g/mol. The maximum Gasteiger partial charge on any atom is 0.257 e. The van der Waals surface area contributed by atoms with Crippen molar-refractivity contribution in [3.05, 3.63) is 52.6 Å². The first-order chi connectivity index (χ1) is 12.0. The Morgan fingerprint density at radius 2 is 2.04 bits per heavy atom. The van der Waals surface area contributed by atoms with Crippen LogP contribution in [0, 0.1) is 5.92 Å². The maximum atomic E-state index is 12.6. The molecule has 2 aromatic rings. The summed E-state index contributed by atoms with van der Waals surface area (Å²) in [6.45, 7) is 4.08. The van der Waals surface area contributed by atoms with Crippen LogP contribution in [0.2, 0.25) is 0 Å². The van der Waals surface area contributed by atoms with Crippen LogP contribution < -0.4 is 10.1 Å². The number of pyridine rings is 1. The van der Waals surface area contributed by atoms with Crippen molar-refractivity contribution in [2.75, 3.05) is 6.61 Å². The maximum absolute atomic E-state index is 12.6. The first kappa shape index (κ1) is 19.4. The van der Waals surface area contributed by atoms with E-state index in [4.69, 9.17) is 4.74 Å². The molecule has 25 heavy (non-hydrogen) atoms. The zero-order valence-corrected chi connectivity index (χ0v) is 16.0. The molecule has 1 heterocycles. The minimum absolute atomic E-state index is 0.00427. The molecule has 1 amide bonds. The van der Waals surface area contributed by atoms with Gasteiger partial charge in [-0.25, -0.2) is 4.98 Å². The molecule has 0 fully saturated rings. The van der Waals surface area contributed by atoms with E-state index in [-0.39, 0.29) is 30.4 Å². The van der Waals surface area contributed by atoms with E-state index in [1.807, 2.05) is 26.0 Å². The van der Waals surface area contributed by atoms with E-state index in [1.165, 1.54) is 0 Å². The molecule has 0 aliphatic rings. The third-order valence-electron chi connectivity index (χ3n) is 3.87. The van der Waals surface area contributed by atoms with Gasteiger partial charge in [-0.15, -0.1) is 0 Å². The fourth-order valence-electron chi connectivity index (χ4n) is 2.41. The van der Waals surface area contributed by atoms with Gasteiger partial charge in [-0.2, -0.15) is 0 Å². The molecular weight excluding hydrogens is 384 g/mol. The molecule has 0 bridgehead atoms. The number of carbonyl (C=O) groups is 1. The highest BCUT2D eigenvalue weighted by Crippen LogP contribution is 2.24. The number of nitrogens with zero attached hydrogens (tertiary/aromatic N) is 1. The molecule has 0 aliphatic carbocycles. The number of hydrogen-bond acceptors (Lipinski definition) is 4. The number of hydrogen-bond donors (Lipinski definition) is 2. The second-order valence-corrected chi connectivity index (χ2v) is 6.93. The molecule has 6 heteroatoms. The Kier molecular flexibility index (Phi) is 7.40. The lowest BCUT2D eigenvalue weighted by molar-refractivity contribution is 0.0922. The number of aliphatic hydroxyl groups excluding tert-OH is 1. The van der Waals surface area contributed by atoms with Gasteiger partial charge in [0.2, 0.25) is 5.88 Å². The zero-order chi connectivity index (χ0) is 18.2. The second kappa shape index (κ2) is 9.53. The van der Waals surface area contributed by atoms with E-state index in [0.29, 0.717) is 11.3 Å². The lowest BCUT2D eigenvalue weighted by atomic mass is 10.0. The minimum Gasteiger partial charge on any atom is -0.438 e. The summed E-state index contributed by atoms with van der Waals surface area (Å²) in [4.78, 5) is 16.8. The molecule has 5 nitrogen and oxygen atoms in total. The summed E-state index contributed by atoms with van der Waals surface area (Å²) < 4.78 is 6.72. The van der Waals surface area contributed by atoms with Crippen LogP contribution in [0.25, 0.3) is 0 Å². The van der Waals surface area contributed by atoms with E-state index >= 15 is 0 Å². The molecule has 2 rings (SSSR count). The smallest absolute Gasteiger partial charge is 0.257 e. The van der Waals surface area contributed by atoms with E-state index in [9.17, 15) is 9.90 Å². The Hall–Kier alpha value is -1.92. The molecule has 2 atom stereocenters. The van der Waals surface area contributed by atoms with Crippen LogP contribution in [0.1, 0.15) is 37.0 Å². The molecule has 0 radical (unpaired) electrons. The summed E-state index contributed by atoms with van der Waals surface area (Å²) in [7, 11) is 0. The van der Waals surface area contributed by atoms with Crippen molar-refractivity contribution < 1.29 is 14.6 Å². The van der Waals surface area contributed by atoms with Gasteiger partial charge in [-0.3, -0.25) is 4.79 Å². The number of aliphatic hydroxyl groups is 1. The fraction of sp³-hybridized carbons (Fsp3) is 0.368. The molecule has 0 spiro atoms. The summed E-state index contributed by atoms with van der Waals surface area (Å²) >= 11 is 3.38. The Bertz CT molecular complexity index is 691. The molecule has 1 aromatic heterocycles. The second-order valence-electron chi connectivity index (χ2n) is 6.01. The van der Waals surface area contributed by atoms with Crippen LogP contribution in [-0.4, -0.2) is 28.6 Å². The van der Waals surface area contributed by atoms with Crippen molar-refractivity contribution in [1.29, 1.82) is 0 Å². The largest absolute Gasteiger partial charge is 0.438 e. The Morgan fingerprint density at radius 1 is 1.32 bits per heavy atom. The molecule has 0 aliphatic heterocycles. The molecule has 0 saturated heterocycles. The van der Waals surface area contributed by atoms with Crippen LogP contribution in [0.4, 0.5) is 0 Å². The molecule has 134 valence electrons. The molecule has 2 N–H and O–H groups in total. The molecule has 0 saturated carbocycles. The van der Waals surface area contributed by atoms with Gasteiger partial charge in [0.15, 0.2) is 0 Å². The summed E-state index contributed by atoms with van der Waals surface area (Å²) in [5.41, 5.74) is 0.389. The van der Waals surface area contributed by atoms with E-state index in [0.717, 1.165) is 17.3 Å². The highest BCUT2D eigenvalue weighted by Gasteiger charge is 2.19. The standard InChI is InChI=1S/C19H23BrN2O3/c1-3-15(11-13(2)12-23)22-18(24)17-5-4-10-21-19(17)25-16-8-6-14(20)7-9-16/h4-10,13,15,23H,3,11-12H2,1-2H3,(H,22,24)/t13-,15-/m1/s1. The van der Waals surface area contributed by atoms with E-state index in [1.54, 1.807) is 30.5 Å². The number of halogens is 1. The van der Waals surface area contributed by atoms with Gasteiger partial charge >= 0.3 is 0 Å². The quantitative estimate of drug-likeness (QED) is 0.689. The number of rotatable bonds is 8. The average molecular weight is 407 g/mol. The number of ether oxygens (including phenoxy) is 1. The van der Waals surface area contributed by atoms with Gasteiger partial charge in [-0.1, -0.05) is 29.8 Å². The normalized spacial score (nSPS) is 13.1. The number of amides is 1. The van der Waals surface area contributed by atoms with Gasteiger partial charge in [-0.05, 0) is 55.2 Å². The summed E-state index contributed by atoms with van der Waals surface area (Å²) in [6, 6.07) is 10.7. The van der Waals surface area contributed by atoms with Crippen LogP contribution in [-0.2, 0) is 0 Å². The number of benzene rings is 1. The molecule has 0 unspecified atom stereocenters. The first-order valence-corrected chi connectivity index (χ1v) is 9.13. The van der Waals surface area contributed by atoms with Crippen LogP contribution in [0.15, 0.2) is 47.1 Å². The van der Waals surface area contributed by atoms with Crippen molar-refractivity contribution in [3.63, 3.8) is 0 Å². The van der Waals surface area contributed by atoms with Crippen LogP contribution in [0.5, 0.6) is 11.6 Å². The van der Waals surface area contributed by atoms with E-state index < -0.39 is 0 Å². The third-order valence-corrected chi connectivity index (χ3v) is 4.40. The highest BCUT2D eigenvalue weighted by molar-refractivity contribution is 9.10. The minimum atomic E-state index is -0.225. The predicted molar refractivity (Wildman–Crippen MR) is 101 cm³/mol. The Morgan fingerprint density at radius 3 is 2.68 bits per heavy atom. The number of carbonyl (C=O) groups excluding carboxylic acids is 1. The molecular formula is C19H23BrN2O3. The topological polar surface area (TPSA) is 71.5 Å². The number of aromatic nitrogens is 1. The summed E-state index contributed by atoms with van der Waals surface area (Å²) in [6.07, 6.45) is 3.11. The van der Waals surface area contributed by atoms with Crippen molar-refractivity contribution >= 4 is 21.8 Å². The predicted octanol–water partition coefficient (Wildman–Crippen LogP) is 4.16. The van der Waals surface area contributed by atoms with Crippen molar-refractivity contribution in [3.8, 4) is 11.6 Å². The highest BCUT2D eigenvalue weighted by atomic mass is 79.9. The summed E-state index contributed by atoms with van der Waals surface area (Å²) in [5, 5.41) is 12.2. The van der Waals surface area contributed by atoms with Gasteiger partial charge in [0.05, 0.1) is 0 Å².